The van der Waals surface area contributed by atoms with Crippen molar-refractivity contribution < 1.29 is 19.6 Å². The van der Waals surface area contributed by atoms with E-state index in [1.807, 2.05) is 4.90 Å². The number of hydroxylamine groups is 1. The van der Waals surface area contributed by atoms with Crippen molar-refractivity contribution in [2.45, 2.75) is 108 Å². The van der Waals surface area contributed by atoms with Crippen LogP contribution in [-0.4, -0.2) is 51.0 Å². The van der Waals surface area contributed by atoms with Crippen molar-refractivity contribution in [3.63, 3.8) is 0 Å². The average Bonchev–Trinajstić information content (AvgIpc) is 3.01. The molecule has 6 aliphatic rings. The fraction of sp³-hybridized carbons (Fsp3) is 0.880. The Kier molecular flexibility index (Phi) is 6.21. The van der Waals surface area contributed by atoms with Gasteiger partial charge in [-0.2, -0.15) is 0 Å². The van der Waals surface area contributed by atoms with Crippen LogP contribution in [0.25, 0.3) is 0 Å². The fourth-order valence-corrected chi connectivity index (χ4v) is 8.25. The lowest BCUT2D eigenvalue weighted by atomic mass is 9.52. The summed E-state index contributed by atoms with van der Waals surface area (Å²) in [5, 5.41) is 8.80. The number of hydrogen-bond acceptors (Lipinski definition) is 4. The molecule has 1 heterocycles. The third kappa shape index (κ3) is 4.06. The summed E-state index contributed by atoms with van der Waals surface area (Å²) in [6.07, 6.45) is 15.3. The van der Waals surface area contributed by atoms with Gasteiger partial charge in [0, 0.05) is 13.0 Å². The Morgan fingerprint density at radius 2 is 1.59 bits per heavy atom. The lowest BCUT2D eigenvalue weighted by Crippen LogP contribution is -2.62. The molecule has 2 N–H and O–H groups in total. The van der Waals surface area contributed by atoms with Gasteiger partial charge in [0.05, 0.1) is 5.54 Å². The SMILES string of the molecule is O=C(CCCC1C(=O)N(C23CC4CC(CC(C4)C2)C3)C(=O)N1CCC1CCCCC1)NO. The topological polar surface area (TPSA) is 90.0 Å². The van der Waals surface area contributed by atoms with Crippen LogP contribution < -0.4 is 5.48 Å². The van der Waals surface area contributed by atoms with Crippen LogP contribution in [0.15, 0.2) is 0 Å². The smallest absolute Gasteiger partial charge is 0.312 e. The quantitative estimate of drug-likeness (QED) is 0.332. The number of imide groups is 1. The minimum Gasteiger partial charge on any atom is -0.312 e. The Bertz CT molecular complexity index is 712. The highest BCUT2D eigenvalue weighted by Crippen LogP contribution is 2.58. The van der Waals surface area contributed by atoms with Gasteiger partial charge in [0.1, 0.15) is 6.04 Å². The van der Waals surface area contributed by atoms with Gasteiger partial charge in [-0.3, -0.25) is 19.7 Å². The first kappa shape index (κ1) is 22.2. The molecule has 7 heteroatoms. The van der Waals surface area contributed by atoms with Crippen LogP contribution in [0.3, 0.4) is 0 Å². The Morgan fingerprint density at radius 3 is 2.19 bits per heavy atom. The number of rotatable bonds is 8. The molecule has 5 aliphatic carbocycles. The lowest BCUT2D eigenvalue weighted by molar-refractivity contribution is -0.141. The highest BCUT2D eigenvalue weighted by molar-refractivity contribution is 6.05. The van der Waals surface area contributed by atoms with Gasteiger partial charge in [-0.15, -0.1) is 0 Å². The van der Waals surface area contributed by atoms with Crippen LogP contribution in [0.1, 0.15) is 96.3 Å². The molecule has 1 unspecified atom stereocenters. The summed E-state index contributed by atoms with van der Waals surface area (Å²) in [6, 6.07) is -0.519. The summed E-state index contributed by atoms with van der Waals surface area (Å²) < 4.78 is 0. The zero-order valence-electron chi connectivity index (χ0n) is 19.3. The molecule has 178 valence electrons. The maximum absolute atomic E-state index is 13.8. The molecule has 0 spiro atoms. The molecule has 4 amide bonds. The molecular formula is C25H39N3O4. The normalized spacial score (nSPS) is 36.9. The zero-order valence-corrected chi connectivity index (χ0v) is 19.3. The molecule has 0 aromatic heterocycles. The van der Waals surface area contributed by atoms with Gasteiger partial charge >= 0.3 is 6.03 Å². The highest BCUT2D eigenvalue weighted by Gasteiger charge is 2.60. The van der Waals surface area contributed by atoms with Crippen molar-refractivity contribution >= 4 is 17.8 Å². The first-order valence-electron chi connectivity index (χ1n) is 13.1. The standard InChI is InChI=1S/C25H39N3O4/c29-22(26-32)8-4-7-21-23(30)28(24(31)27(21)10-9-17-5-2-1-3-6-17)25-14-18-11-19(15-25)13-20(12-18)16-25/h17-21,32H,1-16H2,(H,26,29). The summed E-state index contributed by atoms with van der Waals surface area (Å²) in [5.41, 5.74) is 1.41. The number of carbonyl (C=O) groups is 3. The second kappa shape index (κ2) is 8.96. The monoisotopic (exact) mass is 445 g/mol. The Labute approximate surface area is 191 Å². The van der Waals surface area contributed by atoms with E-state index in [1.165, 1.54) is 51.4 Å². The van der Waals surface area contributed by atoms with Crippen molar-refractivity contribution in [1.82, 2.24) is 15.3 Å². The minimum absolute atomic E-state index is 0.0231. The van der Waals surface area contributed by atoms with E-state index in [0.29, 0.717) is 43.1 Å². The van der Waals surface area contributed by atoms with Gasteiger partial charge in [0.25, 0.3) is 5.91 Å². The summed E-state index contributed by atoms with van der Waals surface area (Å²) >= 11 is 0. The number of urea groups is 1. The van der Waals surface area contributed by atoms with E-state index in [9.17, 15) is 14.4 Å². The molecule has 6 fully saturated rings. The molecule has 1 aliphatic heterocycles. The summed E-state index contributed by atoms with van der Waals surface area (Å²) in [7, 11) is 0. The number of carbonyl (C=O) groups excluding carboxylic acids is 3. The predicted molar refractivity (Wildman–Crippen MR) is 119 cm³/mol. The predicted octanol–water partition coefficient (Wildman–Crippen LogP) is 4.23. The van der Waals surface area contributed by atoms with Crippen molar-refractivity contribution in [2.24, 2.45) is 23.7 Å². The third-order valence-corrected chi connectivity index (χ3v) is 9.31. The van der Waals surface area contributed by atoms with Gasteiger partial charge in [0.15, 0.2) is 0 Å². The van der Waals surface area contributed by atoms with Crippen molar-refractivity contribution in [2.75, 3.05) is 6.54 Å². The fourth-order valence-electron chi connectivity index (χ4n) is 8.25. The van der Waals surface area contributed by atoms with Crippen LogP contribution in [0.5, 0.6) is 0 Å². The molecule has 4 bridgehead atoms. The van der Waals surface area contributed by atoms with Crippen LogP contribution in [0.4, 0.5) is 4.79 Å². The van der Waals surface area contributed by atoms with Crippen LogP contribution in [0.2, 0.25) is 0 Å². The van der Waals surface area contributed by atoms with E-state index in [2.05, 4.69) is 0 Å². The maximum Gasteiger partial charge on any atom is 0.327 e. The number of nitrogens with one attached hydrogen (secondary N) is 1. The highest BCUT2D eigenvalue weighted by atomic mass is 16.5. The molecular weight excluding hydrogens is 406 g/mol. The van der Waals surface area contributed by atoms with Gasteiger partial charge in [0.2, 0.25) is 5.91 Å². The van der Waals surface area contributed by atoms with E-state index in [-0.39, 0.29) is 23.9 Å². The summed E-state index contributed by atoms with van der Waals surface area (Å²) in [5.74, 6) is 2.21. The summed E-state index contributed by atoms with van der Waals surface area (Å²) in [6.45, 7) is 0.648. The van der Waals surface area contributed by atoms with E-state index in [4.69, 9.17) is 5.21 Å². The lowest BCUT2D eigenvalue weighted by Gasteiger charge is -2.58. The van der Waals surface area contributed by atoms with E-state index < -0.39 is 11.9 Å². The summed E-state index contributed by atoms with van der Waals surface area (Å²) in [4.78, 5) is 42.6. The van der Waals surface area contributed by atoms with Gasteiger partial charge < -0.3 is 4.90 Å². The van der Waals surface area contributed by atoms with Gasteiger partial charge in [-0.1, -0.05) is 32.1 Å². The van der Waals surface area contributed by atoms with Gasteiger partial charge in [-0.05, 0) is 81.5 Å². The molecule has 0 radical (unpaired) electrons. The third-order valence-electron chi connectivity index (χ3n) is 9.31. The first-order valence-corrected chi connectivity index (χ1v) is 13.1. The number of hydrogen-bond donors (Lipinski definition) is 2. The second-order valence-corrected chi connectivity index (χ2v) is 11.5. The van der Waals surface area contributed by atoms with Crippen molar-refractivity contribution in [3.8, 4) is 0 Å². The zero-order chi connectivity index (χ0) is 22.3. The Morgan fingerprint density at radius 1 is 0.969 bits per heavy atom. The minimum atomic E-state index is -0.453. The second-order valence-electron chi connectivity index (χ2n) is 11.5. The maximum atomic E-state index is 13.8. The van der Waals surface area contributed by atoms with E-state index in [0.717, 1.165) is 25.7 Å². The van der Waals surface area contributed by atoms with Crippen molar-refractivity contribution in [1.29, 1.82) is 0 Å². The molecule has 1 saturated heterocycles. The molecule has 5 saturated carbocycles. The molecule has 7 nitrogen and oxygen atoms in total. The van der Waals surface area contributed by atoms with Gasteiger partial charge in [-0.25, -0.2) is 10.3 Å². The molecule has 1 atom stereocenters. The Hall–Kier alpha value is -1.63. The van der Waals surface area contributed by atoms with E-state index in [1.54, 1.807) is 10.4 Å². The largest absolute Gasteiger partial charge is 0.327 e. The molecule has 0 aromatic carbocycles. The molecule has 32 heavy (non-hydrogen) atoms. The van der Waals surface area contributed by atoms with E-state index >= 15 is 0 Å². The first-order chi connectivity index (χ1) is 15.5. The number of nitrogens with zero attached hydrogens (tertiary/aromatic N) is 2. The van der Waals surface area contributed by atoms with Crippen LogP contribution in [-0.2, 0) is 9.59 Å². The van der Waals surface area contributed by atoms with Crippen molar-refractivity contribution in [3.05, 3.63) is 0 Å². The van der Waals surface area contributed by atoms with Crippen LogP contribution >= 0.6 is 0 Å². The van der Waals surface area contributed by atoms with Crippen LogP contribution in [0, 0.1) is 23.7 Å². The molecule has 0 aromatic rings. The number of amides is 4. The average molecular weight is 446 g/mol. The Balaban J connectivity index is 1.33. The molecule has 6 rings (SSSR count).